The summed E-state index contributed by atoms with van der Waals surface area (Å²) in [4.78, 5) is 13.8. The fourth-order valence-corrected chi connectivity index (χ4v) is 2.08. The summed E-state index contributed by atoms with van der Waals surface area (Å²) in [6.45, 7) is 3.84. The number of aliphatic hydroxyl groups excluding tert-OH is 1. The first-order chi connectivity index (χ1) is 8.16. The van der Waals surface area contributed by atoms with E-state index in [0.717, 1.165) is 0 Å². The van der Waals surface area contributed by atoms with Crippen molar-refractivity contribution in [2.75, 3.05) is 13.1 Å². The van der Waals surface area contributed by atoms with Crippen LogP contribution in [0, 0.1) is 5.92 Å². The number of rotatable bonds is 3. The highest BCUT2D eigenvalue weighted by Gasteiger charge is 2.26. The number of aromatic nitrogens is 3. The van der Waals surface area contributed by atoms with E-state index in [9.17, 15) is 9.90 Å². The standard InChI is InChI=1S/C11H18N4O2/c1-9-8-14(5-2-10(9)16)11(17)3-6-15-7-4-12-13-15/h4,7,9-10,16H,2-3,5-6,8H2,1H3. The van der Waals surface area contributed by atoms with E-state index < -0.39 is 0 Å². The van der Waals surface area contributed by atoms with Gasteiger partial charge in [-0.25, -0.2) is 0 Å². The van der Waals surface area contributed by atoms with Crippen LogP contribution in [-0.2, 0) is 11.3 Å². The van der Waals surface area contributed by atoms with E-state index in [0.29, 0.717) is 32.5 Å². The molecule has 1 aliphatic rings. The normalized spacial score (nSPS) is 24.9. The zero-order valence-corrected chi connectivity index (χ0v) is 9.99. The maximum Gasteiger partial charge on any atom is 0.224 e. The lowest BCUT2D eigenvalue weighted by atomic mass is 9.96. The van der Waals surface area contributed by atoms with E-state index in [1.807, 2.05) is 11.8 Å². The number of piperidine rings is 1. The Labute approximate surface area is 100 Å². The molecule has 1 aromatic heterocycles. The van der Waals surface area contributed by atoms with Crippen LogP contribution in [0.2, 0.25) is 0 Å². The average molecular weight is 238 g/mol. The van der Waals surface area contributed by atoms with Gasteiger partial charge in [0.15, 0.2) is 0 Å². The van der Waals surface area contributed by atoms with Crippen molar-refractivity contribution in [3.63, 3.8) is 0 Å². The molecule has 1 saturated heterocycles. The number of nitrogens with zero attached hydrogens (tertiary/aromatic N) is 4. The molecule has 6 nitrogen and oxygen atoms in total. The van der Waals surface area contributed by atoms with E-state index in [4.69, 9.17) is 0 Å². The van der Waals surface area contributed by atoms with Gasteiger partial charge in [-0.3, -0.25) is 9.48 Å². The zero-order chi connectivity index (χ0) is 12.3. The number of amides is 1. The van der Waals surface area contributed by atoms with Crippen molar-refractivity contribution in [2.45, 2.75) is 32.4 Å². The van der Waals surface area contributed by atoms with Gasteiger partial charge >= 0.3 is 0 Å². The molecular formula is C11H18N4O2. The topological polar surface area (TPSA) is 71.2 Å². The second-order valence-corrected chi connectivity index (χ2v) is 4.59. The van der Waals surface area contributed by atoms with E-state index in [1.165, 1.54) is 0 Å². The maximum atomic E-state index is 11.9. The van der Waals surface area contributed by atoms with Crippen molar-refractivity contribution in [1.29, 1.82) is 0 Å². The van der Waals surface area contributed by atoms with Crippen LogP contribution < -0.4 is 0 Å². The highest BCUT2D eigenvalue weighted by Crippen LogP contribution is 2.17. The summed E-state index contributed by atoms with van der Waals surface area (Å²) in [6, 6.07) is 0. The number of aliphatic hydroxyl groups is 1. The molecule has 2 unspecified atom stereocenters. The van der Waals surface area contributed by atoms with Crippen molar-refractivity contribution >= 4 is 5.91 Å². The van der Waals surface area contributed by atoms with Crippen LogP contribution in [-0.4, -0.2) is 50.1 Å². The van der Waals surface area contributed by atoms with Gasteiger partial charge in [0.25, 0.3) is 0 Å². The summed E-state index contributed by atoms with van der Waals surface area (Å²) in [7, 11) is 0. The molecule has 2 atom stereocenters. The summed E-state index contributed by atoms with van der Waals surface area (Å²) in [6.07, 6.45) is 4.19. The fourth-order valence-electron chi connectivity index (χ4n) is 2.08. The molecule has 1 fully saturated rings. The van der Waals surface area contributed by atoms with Crippen molar-refractivity contribution in [2.24, 2.45) is 5.92 Å². The third kappa shape index (κ3) is 3.03. The van der Waals surface area contributed by atoms with Crippen LogP contribution in [0.5, 0.6) is 0 Å². The van der Waals surface area contributed by atoms with E-state index >= 15 is 0 Å². The Morgan fingerprint density at radius 2 is 2.41 bits per heavy atom. The monoisotopic (exact) mass is 238 g/mol. The molecule has 0 aliphatic carbocycles. The Morgan fingerprint density at radius 3 is 3.06 bits per heavy atom. The number of aryl methyl sites for hydroxylation is 1. The van der Waals surface area contributed by atoms with Crippen molar-refractivity contribution in [3.05, 3.63) is 12.4 Å². The summed E-state index contributed by atoms with van der Waals surface area (Å²) in [5.41, 5.74) is 0. The Bertz CT molecular complexity index is 366. The molecule has 0 radical (unpaired) electrons. The second-order valence-electron chi connectivity index (χ2n) is 4.59. The van der Waals surface area contributed by atoms with Gasteiger partial charge in [-0.05, 0) is 12.3 Å². The number of hydrogen-bond donors (Lipinski definition) is 1. The van der Waals surface area contributed by atoms with Crippen LogP contribution >= 0.6 is 0 Å². The lowest BCUT2D eigenvalue weighted by Gasteiger charge is -2.34. The Kier molecular flexibility index (Phi) is 3.73. The van der Waals surface area contributed by atoms with Gasteiger partial charge in [0.2, 0.25) is 5.91 Å². The molecule has 0 saturated carbocycles. The van der Waals surface area contributed by atoms with Crippen molar-refractivity contribution < 1.29 is 9.90 Å². The molecule has 1 aliphatic heterocycles. The third-order valence-electron chi connectivity index (χ3n) is 3.24. The molecular weight excluding hydrogens is 220 g/mol. The van der Waals surface area contributed by atoms with Crippen LogP contribution in [0.15, 0.2) is 12.4 Å². The van der Waals surface area contributed by atoms with Crippen LogP contribution in [0.3, 0.4) is 0 Å². The van der Waals surface area contributed by atoms with Crippen molar-refractivity contribution in [1.82, 2.24) is 19.9 Å². The minimum absolute atomic E-state index is 0.124. The first kappa shape index (κ1) is 12.0. The quantitative estimate of drug-likeness (QED) is 0.798. The molecule has 0 spiro atoms. The van der Waals surface area contributed by atoms with E-state index in [-0.39, 0.29) is 17.9 Å². The van der Waals surface area contributed by atoms with Crippen LogP contribution in [0.1, 0.15) is 19.8 Å². The predicted octanol–water partition coefficient (Wildman–Crippen LogP) is -0.103. The summed E-state index contributed by atoms with van der Waals surface area (Å²) >= 11 is 0. The van der Waals surface area contributed by atoms with Gasteiger partial charge in [0, 0.05) is 25.7 Å². The number of likely N-dealkylation sites (tertiary alicyclic amines) is 1. The Balaban J connectivity index is 1.80. The molecule has 94 valence electrons. The fraction of sp³-hybridized carbons (Fsp3) is 0.727. The van der Waals surface area contributed by atoms with Crippen LogP contribution in [0.4, 0.5) is 0 Å². The largest absolute Gasteiger partial charge is 0.393 e. The number of carbonyl (C=O) groups excluding carboxylic acids is 1. The predicted molar refractivity (Wildman–Crippen MR) is 61.0 cm³/mol. The first-order valence-corrected chi connectivity index (χ1v) is 5.97. The second kappa shape index (κ2) is 5.27. The number of carbonyl (C=O) groups is 1. The summed E-state index contributed by atoms with van der Waals surface area (Å²) in [5.74, 6) is 0.290. The van der Waals surface area contributed by atoms with Gasteiger partial charge in [-0.15, -0.1) is 5.10 Å². The maximum absolute atomic E-state index is 11.9. The lowest BCUT2D eigenvalue weighted by Crippen LogP contribution is -2.45. The van der Waals surface area contributed by atoms with Gasteiger partial charge in [0.05, 0.1) is 18.8 Å². The van der Waals surface area contributed by atoms with Crippen molar-refractivity contribution in [3.8, 4) is 0 Å². The summed E-state index contributed by atoms with van der Waals surface area (Å²) < 4.78 is 1.65. The molecule has 1 amide bonds. The molecule has 1 aromatic rings. The molecule has 2 rings (SSSR count). The minimum Gasteiger partial charge on any atom is -0.393 e. The molecule has 0 bridgehead atoms. The molecule has 17 heavy (non-hydrogen) atoms. The highest BCUT2D eigenvalue weighted by atomic mass is 16.3. The van der Waals surface area contributed by atoms with Gasteiger partial charge in [0.1, 0.15) is 0 Å². The molecule has 0 aromatic carbocycles. The zero-order valence-electron chi connectivity index (χ0n) is 9.99. The average Bonchev–Trinajstić information content (AvgIpc) is 2.82. The van der Waals surface area contributed by atoms with E-state index in [1.54, 1.807) is 17.1 Å². The molecule has 6 heteroatoms. The molecule has 2 heterocycles. The Morgan fingerprint density at radius 1 is 1.59 bits per heavy atom. The van der Waals surface area contributed by atoms with E-state index in [2.05, 4.69) is 10.3 Å². The van der Waals surface area contributed by atoms with Gasteiger partial charge in [-0.1, -0.05) is 12.1 Å². The van der Waals surface area contributed by atoms with Gasteiger partial charge < -0.3 is 10.0 Å². The SMILES string of the molecule is CC1CN(C(=O)CCn2ccnn2)CCC1O. The number of hydrogen-bond acceptors (Lipinski definition) is 4. The lowest BCUT2D eigenvalue weighted by molar-refractivity contribution is -0.135. The Hall–Kier alpha value is -1.43. The smallest absolute Gasteiger partial charge is 0.224 e. The summed E-state index contributed by atoms with van der Waals surface area (Å²) in [5, 5.41) is 17.1. The van der Waals surface area contributed by atoms with Crippen LogP contribution in [0.25, 0.3) is 0 Å². The molecule has 1 N–H and O–H groups in total. The highest BCUT2D eigenvalue weighted by molar-refractivity contribution is 5.76. The minimum atomic E-state index is -0.269. The van der Waals surface area contributed by atoms with Gasteiger partial charge in [-0.2, -0.15) is 0 Å². The first-order valence-electron chi connectivity index (χ1n) is 5.97. The third-order valence-corrected chi connectivity index (χ3v) is 3.24.